The summed E-state index contributed by atoms with van der Waals surface area (Å²) >= 11 is 9.13. The van der Waals surface area contributed by atoms with Crippen molar-refractivity contribution in [2.24, 2.45) is 0 Å². The van der Waals surface area contributed by atoms with Gasteiger partial charge in [0.2, 0.25) is 0 Å². The van der Waals surface area contributed by atoms with Crippen molar-refractivity contribution in [1.29, 1.82) is 0 Å². The number of aromatic amines is 1. The number of methoxy groups -OCH3 is 1. The molecule has 0 fully saturated rings. The van der Waals surface area contributed by atoms with E-state index in [2.05, 4.69) is 9.97 Å². The number of aromatic nitrogens is 2. The molecule has 8 heteroatoms. The summed E-state index contributed by atoms with van der Waals surface area (Å²) < 4.78 is 4.75. The lowest BCUT2D eigenvalue weighted by molar-refractivity contribution is 0.0605. The zero-order valence-corrected chi connectivity index (χ0v) is 16.6. The Balaban J connectivity index is 2.06. The molecule has 0 aliphatic heterocycles. The number of esters is 1. The van der Waals surface area contributed by atoms with E-state index in [9.17, 15) is 9.59 Å². The van der Waals surface area contributed by atoms with Crippen LogP contribution in [0.4, 0.5) is 0 Å². The van der Waals surface area contributed by atoms with Gasteiger partial charge in [-0.3, -0.25) is 4.79 Å². The second kappa shape index (κ2) is 7.65. The molecule has 0 saturated carbocycles. The predicted molar refractivity (Wildman–Crippen MR) is 108 cm³/mol. The highest BCUT2D eigenvalue weighted by Gasteiger charge is 2.20. The Morgan fingerprint density at radius 1 is 1.35 bits per heavy atom. The number of halogens is 1. The second-order valence-electron chi connectivity index (χ2n) is 5.41. The van der Waals surface area contributed by atoms with Crippen LogP contribution < -0.4 is 5.56 Å². The highest BCUT2D eigenvalue weighted by atomic mass is 35.5. The number of carbonyl (C=O) groups is 1. The van der Waals surface area contributed by atoms with Crippen LogP contribution >= 0.6 is 34.7 Å². The summed E-state index contributed by atoms with van der Waals surface area (Å²) in [6, 6.07) is 7.86. The zero-order chi connectivity index (χ0) is 18.8. The van der Waals surface area contributed by atoms with E-state index >= 15 is 0 Å². The molecule has 0 amide bonds. The van der Waals surface area contributed by atoms with Crippen molar-refractivity contribution >= 4 is 62.0 Å². The van der Waals surface area contributed by atoms with Gasteiger partial charge in [0.15, 0.2) is 5.82 Å². The number of thioether (sulfide) groups is 1. The van der Waals surface area contributed by atoms with E-state index in [-0.39, 0.29) is 11.4 Å². The Bertz CT molecular complexity index is 1070. The molecule has 2 heterocycles. The summed E-state index contributed by atoms with van der Waals surface area (Å²) in [4.78, 5) is 33.4. The molecule has 3 rings (SSSR count). The monoisotopic (exact) mass is 406 g/mol. The third kappa shape index (κ3) is 3.56. The summed E-state index contributed by atoms with van der Waals surface area (Å²) in [6.45, 7) is 1.70. The lowest BCUT2D eigenvalue weighted by Gasteiger charge is -2.01. The maximum absolute atomic E-state index is 12.5. The van der Waals surface area contributed by atoms with Gasteiger partial charge in [-0.25, -0.2) is 9.78 Å². The van der Waals surface area contributed by atoms with Gasteiger partial charge >= 0.3 is 5.97 Å². The third-order valence-corrected chi connectivity index (χ3v) is 6.00. The Kier molecular flexibility index (Phi) is 5.50. The minimum absolute atomic E-state index is 0.260. The fraction of sp³-hybridized carbons (Fsp3) is 0.167. The highest BCUT2D eigenvalue weighted by molar-refractivity contribution is 7.98. The molecule has 0 bridgehead atoms. The van der Waals surface area contributed by atoms with E-state index in [1.165, 1.54) is 7.11 Å². The van der Waals surface area contributed by atoms with Gasteiger partial charge in [-0.15, -0.1) is 23.1 Å². The number of ether oxygens (including phenoxy) is 1. The van der Waals surface area contributed by atoms with E-state index in [1.807, 2.05) is 30.5 Å². The van der Waals surface area contributed by atoms with Crippen LogP contribution in [0.2, 0.25) is 0 Å². The number of thiophene rings is 1. The van der Waals surface area contributed by atoms with Crippen LogP contribution in [0.15, 0.2) is 34.0 Å². The first-order valence-corrected chi connectivity index (χ1v) is 10.00. The average Bonchev–Trinajstić information content (AvgIpc) is 2.98. The molecule has 0 saturated heterocycles. The first-order valence-electron chi connectivity index (χ1n) is 7.58. The lowest BCUT2D eigenvalue weighted by Crippen LogP contribution is -2.10. The van der Waals surface area contributed by atoms with Crippen LogP contribution in [0.1, 0.15) is 26.6 Å². The van der Waals surface area contributed by atoms with E-state index in [0.29, 0.717) is 25.7 Å². The van der Waals surface area contributed by atoms with E-state index in [1.54, 1.807) is 24.8 Å². The quantitative estimate of drug-likeness (QED) is 0.508. The van der Waals surface area contributed by atoms with Gasteiger partial charge in [0.05, 0.1) is 17.5 Å². The van der Waals surface area contributed by atoms with Gasteiger partial charge in [-0.05, 0) is 42.5 Å². The van der Waals surface area contributed by atoms with E-state index in [0.717, 1.165) is 21.8 Å². The molecule has 0 unspecified atom stereocenters. The van der Waals surface area contributed by atoms with Gasteiger partial charge in [-0.2, -0.15) is 0 Å². The summed E-state index contributed by atoms with van der Waals surface area (Å²) in [5.74, 6) is -0.224. The van der Waals surface area contributed by atoms with Crippen LogP contribution in [0.5, 0.6) is 0 Å². The molecule has 1 N–H and O–H groups in total. The number of fused-ring (bicyclic) bond motifs is 1. The number of benzene rings is 1. The number of nitrogens with zero attached hydrogens (tertiary/aromatic N) is 1. The summed E-state index contributed by atoms with van der Waals surface area (Å²) in [5, 5.41) is 0.694. The van der Waals surface area contributed by atoms with E-state index < -0.39 is 5.97 Å². The third-order valence-electron chi connectivity index (χ3n) is 3.81. The van der Waals surface area contributed by atoms with Gasteiger partial charge in [0, 0.05) is 4.90 Å². The van der Waals surface area contributed by atoms with Crippen molar-refractivity contribution in [3.8, 4) is 0 Å². The number of nitrogens with one attached hydrogen (secondary N) is 1. The Labute approximate surface area is 163 Å². The van der Waals surface area contributed by atoms with Crippen molar-refractivity contribution in [2.75, 3.05) is 13.4 Å². The fourth-order valence-corrected chi connectivity index (χ4v) is 4.18. The van der Waals surface area contributed by atoms with Crippen molar-refractivity contribution in [3.05, 3.63) is 56.4 Å². The van der Waals surface area contributed by atoms with Crippen LogP contribution in [0, 0.1) is 6.92 Å². The molecular formula is C18H15ClN2O3S2. The Morgan fingerprint density at radius 3 is 2.65 bits per heavy atom. The Morgan fingerprint density at radius 2 is 2.04 bits per heavy atom. The number of hydrogen-bond donors (Lipinski definition) is 1. The first kappa shape index (κ1) is 18.7. The molecular weight excluding hydrogens is 392 g/mol. The number of hydrogen-bond acceptors (Lipinski definition) is 6. The fourth-order valence-electron chi connectivity index (χ4n) is 2.46. The minimum atomic E-state index is -0.484. The van der Waals surface area contributed by atoms with Crippen molar-refractivity contribution in [1.82, 2.24) is 9.97 Å². The molecule has 0 aliphatic carbocycles. The standard InChI is InChI=1S/C18H15ClN2O3S2/c1-9-13-16(22)20-15(21-17(13)26-14(9)18(23)24-2)12(19)8-10-4-6-11(25-3)7-5-10/h4-8H,1-3H3,(H,20,21,22). The molecule has 0 atom stereocenters. The molecule has 26 heavy (non-hydrogen) atoms. The van der Waals surface area contributed by atoms with Crippen molar-refractivity contribution < 1.29 is 9.53 Å². The SMILES string of the molecule is COC(=O)c1sc2nc(C(Cl)=Cc3ccc(SC)cc3)[nH]c(=O)c2c1C. The maximum Gasteiger partial charge on any atom is 0.348 e. The zero-order valence-electron chi connectivity index (χ0n) is 14.3. The Hall–Kier alpha value is -2.09. The summed E-state index contributed by atoms with van der Waals surface area (Å²) in [6.07, 6.45) is 3.74. The van der Waals surface area contributed by atoms with Crippen LogP contribution in [0.3, 0.4) is 0 Å². The van der Waals surface area contributed by atoms with Gasteiger partial charge < -0.3 is 9.72 Å². The predicted octanol–water partition coefficient (Wildman–Crippen LogP) is 4.54. The van der Waals surface area contributed by atoms with Crippen molar-refractivity contribution in [2.45, 2.75) is 11.8 Å². The van der Waals surface area contributed by atoms with Gasteiger partial charge in [0.1, 0.15) is 9.71 Å². The molecule has 0 spiro atoms. The smallest absolute Gasteiger partial charge is 0.348 e. The first-order chi connectivity index (χ1) is 12.4. The van der Waals surface area contributed by atoms with Crippen LogP contribution in [-0.2, 0) is 4.74 Å². The molecule has 134 valence electrons. The van der Waals surface area contributed by atoms with Gasteiger partial charge in [0.25, 0.3) is 5.56 Å². The summed E-state index contributed by atoms with van der Waals surface area (Å²) in [5.41, 5.74) is 1.12. The minimum Gasteiger partial charge on any atom is -0.465 e. The average molecular weight is 407 g/mol. The van der Waals surface area contributed by atoms with E-state index in [4.69, 9.17) is 16.3 Å². The second-order valence-corrected chi connectivity index (χ2v) is 7.69. The highest BCUT2D eigenvalue weighted by Crippen LogP contribution is 2.29. The molecule has 3 aromatic rings. The molecule has 5 nitrogen and oxygen atoms in total. The normalized spacial score (nSPS) is 11.8. The molecule has 1 aromatic carbocycles. The number of rotatable bonds is 4. The topological polar surface area (TPSA) is 72.0 Å². The number of carbonyl (C=O) groups excluding carboxylic acids is 1. The molecule has 0 aliphatic rings. The number of aryl methyl sites for hydroxylation is 1. The molecule has 2 aromatic heterocycles. The van der Waals surface area contributed by atoms with Gasteiger partial charge in [-0.1, -0.05) is 23.7 Å². The molecule has 0 radical (unpaired) electrons. The lowest BCUT2D eigenvalue weighted by atomic mass is 10.2. The summed E-state index contributed by atoms with van der Waals surface area (Å²) in [7, 11) is 1.30. The maximum atomic E-state index is 12.5. The van der Waals surface area contributed by atoms with Crippen LogP contribution in [0.25, 0.3) is 21.3 Å². The van der Waals surface area contributed by atoms with Crippen molar-refractivity contribution in [3.63, 3.8) is 0 Å². The largest absolute Gasteiger partial charge is 0.465 e. The van der Waals surface area contributed by atoms with Crippen LogP contribution in [-0.4, -0.2) is 29.3 Å². The number of H-pyrrole nitrogens is 1.